The van der Waals surface area contributed by atoms with Gasteiger partial charge in [0.2, 0.25) is 5.89 Å². The van der Waals surface area contributed by atoms with E-state index in [1.807, 2.05) is 25.1 Å². The van der Waals surface area contributed by atoms with Gasteiger partial charge in [0.25, 0.3) is 0 Å². The van der Waals surface area contributed by atoms with Gasteiger partial charge in [-0.15, -0.1) is 10.2 Å². The highest BCUT2D eigenvalue weighted by Crippen LogP contribution is 2.30. The number of rotatable bonds is 4. The number of sulfone groups is 1. The van der Waals surface area contributed by atoms with Crippen LogP contribution in [0.2, 0.25) is 0 Å². The van der Waals surface area contributed by atoms with Crippen molar-refractivity contribution in [1.29, 1.82) is 0 Å². The molecule has 0 N–H and O–H groups in total. The van der Waals surface area contributed by atoms with Gasteiger partial charge in [-0.1, -0.05) is 24.3 Å². The second-order valence-electron chi connectivity index (χ2n) is 7.95. The fourth-order valence-electron chi connectivity index (χ4n) is 3.53. The van der Waals surface area contributed by atoms with Crippen LogP contribution in [0.15, 0.2) is 52.9 Å². The summed E-state index contributed by atoms with van der Waals surface area (Å²) in [7, 11) is -3.15. The molecule has 34 heavy (non-hydrogen) atoms. The molecule has 1 aliphatic rings. The second-order valence-corrected chi connectivity index (χ2v) is 10.3. The smallest absolute Gasteiger partial charge is 0.413 e. The number of aromatic nitrogens is 2. The lowest BCUT2D eigenvalue weighted by molar-refractivity contribution is -0.156. The van der Waals surface area contributed by atoms with Crippen molar-refractivity contribution in [2.75, 3.05) is 29.5 Å². The normalized spacial score (nSPS) is 15.8. The summed E-state index contributed by atoms with van der Waals surface area (Å²) in [6.45, 7) is 2.29. The maximum atomic E-state index is 13.3. The first kappa shape index (κ1) is 23.7. The Morgan fingerprint density at radius 1 is 1.09 bits per heavy atom. The molecule has 0 radical (unpaired) electrons. The van der Waals surface area contributed by atoms with Crippen molar-refractivity contribution in [3.8, 4) is 11.5 Å². The Labute approximate surface area is 193 Å². The minimum atomic E-state index is -4.73. The molecule has 8 nitrogen and oxygen atoms in total. The molecule has 180 valence electrons. The van der Waals surface area contributed by atoms with Crippen LogP contribution in [0.1, 0.15) is 17.0 Å². The van der Waals surface area contributed by atoms with Crippen LogP contribution in [-0.4, -0.2) is 54.1 Å². The van der Waals surface area contributed by atoms with Crippen molar-refractivity contribution < 1.29 is 30.8 Å². The highest BCUT2D eigenvalue weighted by Gasteiger charge is 2.38. The van der Waals surface area contributed by atoms with Gasteiger partial charge in [0.15, 0.2) is 9.84 Å². The van der Waals surface area contributed by atoms with Crippen LogP contribution in [0.5, 0.6) is 0 Å². The third-order valence-electron chi connectivity index (χ3n) is 5.37. The Balaban J connectivity index is 1.56. The Morgan fingerprint density at radius 2 is 1.76 bits per heavy atom. The number of carbonyl (C=O) groups excluding carboxylic acids is 1. The minimum absolute atomic E-state index is 0.0841. The van der Waals surface area contributed by atoms with E-state index < -0.39 is 21.9 Å². The lowest BCUT2D eigenvalue weighted by Crippen LogP contribution is -2.49. The van der Waals surface area contributed by atoms with E-state index in [9.17, 15) is 26.4 Å². The average Bonchev–Trinajstić information content (AvgIpc) is 3.28. The van der Waals surface area contributed by atoms with Crippen molar-refractivity contribution in [3.05, 3.63) is 65.5 Å². The quantitative estimate of drug-likeness (QED) is 0.546. The number of amides is 2. The van der Waals surface area contributed by atoms with E-state index in [1.165, 1.54) is 17.0 Å². The van der Waals surface area contributed by atoms with E-state index in [0.717, 1.165) is 5.56 Å². The summed E-state index contributed by atoms with van der Waals surface area (Å²) in [5.41, 5.74) is 2.61. The Morgan fingerprint density at radius 3 is 2.35 bits per heavy atom. The van der Waals surface area contributed by atoms with Crippen molar-refractivity contribution in [3.63, 3.8) is 0 Å². The number of halogens is 3. The van der Waals surface area contributed by atoms with Crippen molar-refractivity contribution in [2.24, 2.45) is 0 Å². The van der Waals surface area contributed by atoms with Crippen LogP contribution < -0.4 is 4.90 Å². The summed E-state index contributed by atoms with van der Waals surface area (Å²) in [6.07, 6.45) is -4.73. The molecule has 1 fully saturated rings. The fraction of sp³-hybridized carbons (Fsp3) is 0.318. The molecular weight excluding hydrogens is 473 g/mol. The van der Waals surface area contributed by atoms with Gasteiger partial charge < -0.3 is 9.32 Å². The molecule has 1 aliphatic heterocycles. The Hall–Kier alpha value is -3.41. The van der Waals surface area contributed by atoms with E-state index >= 15 is 0 Å². The molecule has 0 saturated carbocycles. The van der Waals surface area contributed by atoms with Gasteiger partial charge in [-0.3, -0.25) is 4.90 Å². The van der Waals surface area contributed by atoms with Gasteiger partial charge in [-0.05, 0) is 42.3 Å². The molecule has 4 rings (SSSR count). The van der Waals surface area contributed by atoms with Gasteiger partial charge in [-0.2, -0.15) is 13.2 Å². The zero-order chi connectivity index (χ0) is 24.5. The molecule has 1 saturated heterocycles. The molecule has 0 spiro atoms. The largest absolute Gasteiger partial charge is 0.470 e. The molecule has 3 aromatic rings. The van der Waals surface area contributed by atoms with E-state index in [2.05, 4.69) is 10.2 Å². The first-order valence-corrected chi connectivity index (χ1v) is 12.2. The molecule has 2 aromatic carbocycles. The van der Waals surface area contributed by atoms with Crippen LogP contribution >= 0.6 is 0 Å². The van der Waals surface area contributed by atoms with E-state index in [1.54, 1.807) is 23.1 Å². The van der Waals surface area contributed by atoms with Crippen LogP contribution in [-0.2, 0) is 22.6 Å². The molecule has 0 unspecified atom stereocenters. The van der Waals surface area contributed by atoms with Crippen molar-refractivity contribution in [2.45, 2.75) is 19.6 Å². The minimum Gasteiger partial charge on any atom is -0.413 e. The monoisotopic (exact) mass is 494 g/mol. The summed E-state index contributed by atoms with van der Waals surface area (Å²) in [5, 5.41) is 6.47. The zero-order valence-electron chi connectivity index (χ0n) is 18.1. The maximum Gasteiger partial charge on any atom is 0.470 e. The number of carbonyl (C=O) groups is 1. The van der Waals surface area contributed by atoms with Gasteiger partial charge in [0.1, 0.15) is 0 Å². The topological polar surface area (TPSA) is 96.6 Å². The molecule has 1 aromatic heterocycles. The number of hydrogen-bond donors (Lipinski definition) is 0. The van der Waals surface area contributed by atoms with Crippen LogP contribution in [0.25, 0.3) is 11.5 Å². The van der Waals surface area contributed by atoms with Gasteiger partial charge >= 0.3 is 18.1 Å². The molecule has 12 heteroatoms. The molecule has 2 amide bonds. The van der Waals surface area contributed by atoms with E-state index in [4.69, 9.17) is 4.42 Å². The number of hydrogen-bond acceptors (Lipinski definition) is 6. The lowest BCUT2D eigenvalue weighted by atomic mass is 10.1. The Kier molecular flexibility index (Phi) is 6.34. The summed E-state index contributed by atoms with van der Waals surface area (Å²) < 4.78 is 66.4. The number of anilines is 1. The van der Waals surface area contributed by atoms with Crippen molar-refractivity contribution in [1.82, 2.24) is 15.1 Å². The average molecular weight is 494 g/mol. The predicted octanol–water partition coefficient (Wildman–Crippen LogP) is 3.92. The summed E-state index contributed by atoms with van der Waals surface area (Å²) in [4.78, 5) is 16.4. The van der Waals surface area contributed by atoms with E-state index in [-0.39, 0.29) is 43.1 Å². The van der Waals surface area contributed by atoms with Crippen LogP contribution in [0.3, 0.4) is 0 Å². The summed E-state index contributed by atoms with van der Waals surface area (Å²) in [5.74, 6) is -1.86. The maximum absolute atomic E-state index is 13.3. The zero-order valence-corrected chi connectivity index (χ0v) is 18.9. The second kappa shape index (κ2) is 9.09. The highest BCUT2D eigenvalue weighted by atomic mass is 32.2. The number of benzene rings is 2. The van der Waals surface area contributed by atoms with Gasteiger partial charge in [-0.25, -0.2) is 13.2 Å². The SMILES string of the molecule is Cc1cccc(N(Cc2ccc(-c3nnc(C(F)(F)F)o3)cc2)C(=O)N2CCS(=O)(=O)CC2)c1. The van der Waals surface area contributed by atoms with Crippen LogP contribution in [0, 0.1) is 6.92 Å². The van der Waals surface area contributed by atoms with Crippen molar-refractivity contribution >= 4 is 21.6 Å². The molecular formula is C22H21F3N4O4S. The van der Waals surface area contributed by atoms with Gasteiger partial charge in [0.05, 0.1) is 18.1 Å². The third-order valence-corrected chi connectivity index (χ3v) is 6.98. The predicted molar refractivity (Wildman–Crippen MR) is 118 cm³/mol. The van der Waals surface area contributed by atoms with E-state index in [0.29, 0.717) is 16.8 Å². The summed E-state index contributed by atoms with van der Waals surface area (Å²) in [6, 6.07) is 13.4. The first-order valence-electron chi connectivity index (χ1n) is 10.4. The number of aryl methyl sites for hydroxylation is 1. The number of nitrogens with zero attached hydrogens (tertiary/aromatic N) is 4. The number of urea groups is 1. The Bertz CT molecular complexity index is 1280. The standard InChI is InChI=1S/C22H21F3N4O4S/c1-15-3-2-4-18(13-15)29(21(30)28-9-11-34(31,32)12-10-28)14-16-5-7-17(8-6-16)19-26-27-20(33-19)22(23,24)25/h2-8,13H,9-12,14H2,1H3. The molecule has 0 aliphatic carbocycles. The van der Waals surface area contributed by atoms with Crippen LogP contribution in [0.4, 0.5) is 23.7 Å². The molecule has 0 atom stereocenters. The third kappa shape index (κ3) is 5.38. The first-order chi connectivity index (χ1) is 16.0. The number of alkyl halides is 3. The lowest BCUT2D eigenvalue weighted by Gasteiger charge is -2.33. The molecule has 0 bridgehead atoms. The fourth-order valence-corrected chi connectivity index (χ4v) is 4.73. The highest BCUT2D eigenvalue weighted by molar-refractivity contribution is 7.91. The van der Waals surface area contributed by atoms with Gasteiger partial charge in [0, 0.05) is 24.3 Å². The summed E-state index contributed by atoms with van der Waals surface area (Å²) >= 11 is 0. The molecule has 2 heterocycles.